The van der Waals surface area contributed by atoms with Gasteiger partial charge in [-0.1, -0.05) is 0 Å². The predicted molar refractivity (Wildman–Crippen MR) is 137 cm³/mol. The van der Waals surface area contributed by atoms with E-state index in [0.29, 0.717) is 27.5 Å². The highest BCUT2D eigenvalue weighted by Crippen LogP contribution is 2.39. The highest BCUT2D eigenvalue weighted by Gasteiger charge is 2.38. The smallest absolute Gasteiger partial charge is 0.166 e. The van der Waals surface area contributed by atoms with Crippen LogP contribution in [0.4, 0.5) is 21.6 Å². The number of benzene rings is 2. The summed E-state index contributed by atoms with van der Waals surface area (Å²) >= 11 is 1.28. The van der Waals surface area contributed by atoms with Crippen LogP contribution >= 0.6 is 11.3 Å². The number of thiazole rings is 1. The van der Waals surface area contributed by atoms with Crippen molar-refractivity contribution in [3.05, 3.63) is 41.9 Å². The number of hydrogen-bond acceptors (Lipinski definition) is 9. The predicted octanol–water partition coefficient (Wildman–Crippen LogP) is 4.43. The molecule has 3 saturated heterocycles. The van der Waals surface area contributed by atoms with Gasteiger partial charge in [0.05, 0.1) is 44.5 Å². The maximum Gasteiger partial charge on any atom is 0.166 e. The number of nitrogens with one attached hydrogen (secondary N) is 1. The first kappa shape index (κ1) is 22.4. The Kier molecular flexibility index (Phi) is 5.66. The Morgan fingerprint density at radius 3 is 2.77 bits per heavy atom. The van der Waals surface area contributed by atoms with Crippen molar-refractivity contribution >= 4 is 49.6 Å². The monoisotopic (exact) mass is 494 g/mol. The van der Waals surface area contributed by atoms with Crippen LogP contribution < -0.4 is 15.0 Å². The standard InChI is InChI=1S/C25H27FN6O2S/c1-14(9-31(2)3)33-21-7-15(32-10-16-8-17(11-32)34-16)6-20-22(21)25(28-12-27-20)30-18-4-5-19-24(23(18)26)35-13-29-19/h4-7,12-14,16-17H,8-11H2,1-3H3,(H,27,28,30)/t14-,16?,17?/m1/s1. The maximum absolute atomic E-state index is 15.2. The second kappa shape index (κ2) is 8.85. The van der Waals surface area contributed by atoms with E-state index >= 15 is 4.39 Å². The van der Waals surface area contributed by atoms with Gasteiger partial charge in [-0.25, -0.2) is 19.3 Å². The van der Waals surface area contributed by atoms with E-state index in [1.165, 1.54) is 17.7 Å². The first-order chi connectivity index (χ1) is 16.9. The molecule has 3 fully saturated rings. The molecule has 0 radical (unpaired) electrons. The molecule has 3 atom stereocenters. The molecule has 0 aliphatic carbocycles. The van der Waals surface area contributed by atoms with E-state index in [4.69, 9.17) is 9.47 Å². The number of halogens is 1. The molecule has 2 aromatic heterocycles. The summed E-state index contributed by atoms with van der Waals surface area (Å²) in [5, 5.41) is 3.92. The van der Waals surface area contributed by atoms with Crippen molar-refractivity contribution in [1.29, 1.82) is 0 Å². The van der Waals surface area contributed by atoms with Crippen LogP contribution in [0.1, 0.15) is 13.3 Å². The van der Waals surface area contributed by atoms with Crippen LogP contribution in [0.15, 0.2) is 36.1 Å². The molecule has 2 unspecified atom stereocenters. The number of nitrogens with zero attached hydrogens (tertiary/aromatic N) is 5. The Labute approximate surface area is 206 Å². The van der Waals surface area contributed by atoms with Crippen molar-refractivity contribution in [2.75, 3.05) is 43.9 Å². The molecular formula is C25H27FN6O2S. The third-order valence-electron chi connectivity index (χ3n) is 6.45. The second-order valence-electron chi connectivity index (χ2n) is 9.52. The fourth-order valence-electron chi connectivity index (χ4n) is 4.96. The summed E-state index contributed by atoms with van der Waals surface area (Å²) in [5.74, 6) is 0.833. The normalized spacial score (nSPS) is 20.3. The highest BCUT2D eigenvalue weighted by molar-refractivity contribution is 7.16. The summed E-state index contributed by atoms with van der Waals surface area (Å²) in [5.41, 5.74) is 4.41. The summed E-state index contributed by atoms with van der Waals surface area (Å²) in [4.78, 5) is 17.7. The number of hydrogen-bond donors (Lipinski definition) is 1. The van der Waals surface area contributed by atoms with E-state index in [-0.39, 0.29) is 24.1 Å². The van der Waals surface area contributed by atoms with Crippen LogP contribution in [0.3, 0.4) is 0 Å². The second-order valence-corrected chi connectivity index (χ2v) is 10.4. The fraction of sp³-hybridized carbons (Fsp3) is 0.400. The van der Waals surface area contributed by atoms with Gasteiger partial charge in [0.15, 0.2) is 5.82 Å². The molecule has 0 spiro atoms. The van der Waals surface area contributed by atoms with Crippen molar-refractivity contribution in [3.8, 4) is 5.75 Å². The Morgan fingerprint density at radius 1 is 1.20 bits per heavy atom. The van der Waals surface area contributed by atoms with Crippen molar-refractivity contribution in [1.82, 2.24) is 19.9 Å². The summed E-state index contributed by atoms with van der Waals surface area (Å²) < 4.78 is 28.0. The molecule has 4 aromatic rings. The van der Waals surface area contributed by atoms with Gasteiger partial charge in [0.1, 0.15) is 24.0 Å². The van der Waals surface area contributed by atoms with Crippen molar-refractivity contribution < 1.29 is 13.9 Å². The lowest BCUT2D eigenvalue weighted by Crippen LogP contribution is -2.57. The number of anilines is 3. The minimum atomic E-state index is -0.343. The summed E-state index contributed by atoms with van der Waals surface area (Å²) in [6.45, 7) is 4.49. The Morgan fingerprint density at radius 2 is 2.00 bits per heavy atom. The molecule has 2 bridgehead atoms. The third kappa shape index (κ3) is 4.26. The number of rotatable bonds is 7. The molecule has 7 rings (SSSR count). The number of morpholine rings is 1. The summed E-state index contributed by atoms with van der Waals surface area (Å²) in [6.07, 6.45) is 3.13. The lowest BCUT2D eigenvalue weighted by atomic mass is 9.98. The number of likely N-dealkylation sites (N-methyl/N-ethyl adjacent to an activating group) is 1. The van der Waals surface area contributed by atoms with E-state index in [0.717, 1.165) is 42.6 Å². The Bertz CT molecular complexity index is 1380. The van der Waals surface area contributed by atoms with Crippen LogP contribution in [0.25, 0.3) is 21.1 Å². The number of piperidine rings is 1. The average molecular weight is 495 g/mol. The van der Waals surface area contributed by atoms with E-state index in [1.807, 2.05) is 21.0 Å². The van der Waals surface area contributed by atoms with Crippen LogP contribution in [-0.2, 0) is 4.74 Å². The van der Waals surface area contributed by atoms with Gasteiger partial charge < -0.3 is 24.6 Å². The van der Waals surface area contributed by atoms with Gasteiger partial charge in [-0.15, -0.1) is 11.3 Å². The molecule has 0 amide bonds. The SMILES string of the molecule is C[C@H](CN(C)C)Oc1cc(N2CC3CC(C2)O3)cc2ncnc(Nc3ccc4ncsc4c3F)c12. The van der Waals surface area contributed by atoms with Gasteiger partial charge in [-0.05, 0) is 39.2 Å². The number of fused-ring (bicyclic) bond motifs is 4. The van der Waals surface area contributed by atoms with Gasteiger partial charge in [0.25, 0.3) is 0 Å². The van der Waals surface area contributed by atoms with E-state index in [1.54, 1.807) is 17.6 Å². The molecule has 5 heterocycles. The van der Waals surface area contributed by atoms with Crippen molar-refractivity contribution in [2.24, 2.45) is 0 Å². The minimum absolute atomic E-state index is 0.0696. The van der Waals surface area contributed by atoms with Crippen LogP contribution in [0, 0.1) is 5.82 Å². The topological polar surface area (TPSA) is 75.6 Å². The van der Waals surface area contributed by atoms with E-state index < -0.39 is 0 Å². The molecule has 2 aromatic carbocycles. The lowest BCUT2D eigenvalue weighted by molar-refractivity contribution is -0.133. The zero-order valence-corrected chi connectivity index (χ0v) is 20.7. The van der Waals surface area contributed by atoms with Gasteiger partial charge in [0.2, 0.25) is 0 Å². The highest BCUT2D eigenvalue weighted by atomic mass is 32.1. The van der Waals surface area contributed by atoms with Crippen LogP contribution in [0.5, 0.6) is 5.75 Å². The van der Waals surface area contributed by atoms with Crippen molar-refractivity contribution in [3.63, 3.8) is 0 Å². The van der Waals surface area contributed by atoms with Crippen LogP contribution in [0.2, 0.25) is 0 Å². The Balaban J connectivity index is 1.42. The molecule has 1 N–H and O–H groups in total. The molecule has 10 heteroatoms. The largest absolute Gasteiger partial charge is 0.488 e. The quantitative estimate of drug-likeness (QED) is 0.405. The average Bonchev–Trinajstić information content (AvgIpc) is 3.29. The lowest BCUT2D eigenvalue weighted by Gasteiger charge is -2.48. The zero-order valence-electron chi connectivity index (χ0n) is 19.9. The molecule has 182 valence electrons. The summed E-state index contributed by atoms with van der Waals surface area (Å²) in [7, 11) is 4.03. The first-order valence-corrected chi connectivity index (χ1v) is 12.6. The van der Waals surface area contributed by atoms with Crippen LogP contribution in [-0.4, -0.2) is 71.9 Å². The van der Waals surface area contributed by atoms with E-state index in [9.17, 15) is 0 Å². The van der Waals surface area contributed by atoms with E-state index in [2.05, 4.69) is 42.2 Å². The van der Waals surface area contributed by atoms with Gasteiger partial charge in [0, 0.05) is 37.8 Å². The Hall–Kier alpha value is -3.08. The van der Waals surface area contributed by atoms with Gasteiger partial charge in [-0.2, -0.15) is 0 Å². The fourth-order valence-corrected chi connectivity index (χ4v) is 5.69. The van der Waals surface area contributed by atoms with Gasteiger partial charge >= 0.3 is 0 Å². The first-order valence-electron chi connectivity index (χ1n) is 11.7. The van der Waals surface area contributed by atoms with Gasteiger partial charge in [-0.3, -0.25) is 0 Å². The third-order valence-corrected chi connectivity index (χ3v) is 7.29. The molecule has 0 saturated carbocycles. The maximum atomic E-state index is 15.2. The molecule has 35 heavy (non-hydrogen) atoms. The molecule has 3 aliphatic rings. The molecular weight excluding hydrogens is 467 g/mol. The van der Waals surface area contributed by atoms with Crippen molar-refractivity contribution in [2.45, 2.75) is 31.7 Å². The summed E-state index contributed by atoms with van der Waals surface area (Å²) in [6, 6.07) is 7.60. The number of ether oxygens (including phenoxy) is 2. The minimum Gasteiger partial charge on any atom is -0.488 e. The zero-order chi connectivity index (χ0) is 24.1. The molecule has 3 aliphatic heterocycles. The molecule has 8 nitrogen and oxygen atoms in total. The number of aromatic nitrogens is 3.